The molecule has 0 atom stereocenters. The lowest BCUT2D eigenvalue weighted by atomic mass is 10.0. The lowest BCUT2D eigenvalue weighted by Crippen LogP contribution is -2.06. The highest BCUT2D eigenvalue weighted by Crippen LogP contribution is 2.24. The van der Waals surface area contributed by atoms with Crippen molar-refractivity contribution in [3.05, 3.63) is 30.0 Å². The fourth-order valence-electron chi connectivity index (χ4n) is 1.75. The van der Waals surface area contributed by atoms with Crippen molar-refractivity contribution in [2.45, 2.75) is 13.8 Å². The highest BCUT2D eigenvalue weighted by molar-refractivity contribution is 6.08. The van der Waals surface area contributed by atoms with Crippen LogP contribution in [-0.4, -0.2) is 17.9 Å². The minimum atomic E-state index is 0.0149. The van der Waals surface area contributed by atoms with E-state index in [-0.39, 0.29) is 11.7 Å². The summed E-state index contributed by atoms with van der Waals surface area (Å²) in [5.74, 6) is 0.968. The second-order valence-corrected chi connectivity index (χ2v) is 4.13. The van der Waals surface area contributed by atoms with Gasteiger partial charge in [-0.3, -0.25) is 4.79 Å². The number of aromatic amines is 1. The Bertz CT molecular complexity index is 526. The predicted octanol–water partition coefficient (Wildman–Crippen LogP) is 3.02. The number of rotatable bonds is 3. The SMILES string of the molecule is COc1ccc2c(C(=O)C(C)C)c[nH]c2c1. The van der Waals surface area contributed by atoms with Crippen LogP contribution in [0.4, 0.5) is 0 Å². The van der Waals surface area contributed by atoms with Crippen molar-refractivity contribution in [2.24, 2.45) is 5.92 Å². The molecule has 3 heteroatoms. The molecule has 2 rings (SSSR count). The second-order valence-electron chi connectivity index (χ2n) is 4.13. The van der Waals surface area contributed by atoms with Gasteiger partial charge in [0.25, 0.3) is 0 Å². The van der Waals surface area contributed by atoms with Crippen molar-refractivity contribution in [2.75, 3.05) is 7.11 Å². The molecule has 0 bridgehead atoms. The van der Waals surface area contributed by atoms with Gasteiger partial charge in [-0.15, -0.1) is 0 Å². The first-order valence-electron chi connectivity index (χ1n) is 5.33. The molecule has 1 N–H and O–H groups in total. The van der Waals surface area contributed by atoms with Crippen LogP contribution in [0.1, 0.15) is 24.2 Å². The Balaban J connectivity index is 2.53. The molecule has 0 saturated carbocycles. The van der Waals surface area contributed by atoms with Gasteiger partial charge >= 0.3 is 0 Å². The number of ether oxygens (including phenoxy) is 1. The van der Waals surface area contributed by atoms with Crippen molar-refractivity contribution < 1.29 is 9.53 Å². The van der Waals surface area contributed by atoms with Gasteiger partial charge < -0.3 is 9.72 Å². The van der Waals surface area contributed by atoms with Gasteiger partial charge in [-0.05, 0) is 12.1 Å². The van der Waals surface area contributed by atoms with Crippen LogP contribution in [0.2, 0.25) is 0 Å². The van der Waals surface area contributed by atoms with Crippen LogP contribution in [0, 0.1) is 5.92 Å². The summed E-state index contributed by atoms with van der Waals surface area (Å²) in [5, 5.41) is 0.958. The van der Waals surface area contributed by atoms with Crippen LogP contribution in [0.3, 0.4) is 0 Å². The van der Waals surface area contributed by atoms with E-state index in [0.717, 1.165) is 22.2 Å². The maximum Gasteiger partial charge on any atom is 0.167 e. The van der Waals surface area contributed by atoms with E-state index < -0.39 is 0 Å². The maximum atomic E-state index is 11.9. The number of hydrogen-bond acceptors (Lipinski definition) is 2. The molecule has 0 amide bonds. The highest BCUT2D eigenvalue weighted by atomic mass is 16.5. The number of H-pyrrole nitrogens is 1. The van der Waals surface area contributed by atoms with Gasteiger partial charge in [-0.1, -0.05) is 13.8 Å². The summed E-state index contributed by atoms with van der Waals surface area (Å²) < 4.78 is 5.13. The summed E-state index contributed by atoms with van der Waals surface area (Å²) >= 11 is 0. The van der Waals surface area contributed by atoms with E-state index in [1.54, 1.807) is 13.3 Å². The molecule has 1 aromatic carbocycles. The number of hydrogen-bond donors (Lipinski definition) is 1. The number of aromatic nitrogens is 1. The number of methoxy groups -OCH3 is 1. The van der Waals surface area contributed by atoms with Gasteiger partial charge in [-0.25, -0.2) is 0 Å². The summed E-state index contributed by atoms with van der Waals surface area (Å²) in [6, 6.07) is 5.68. The predicted molar refractivity (Wildman–Crippen MR) is 64.0 cm³/mol. The molecule has 0 aliphatic heterocycles. The maximum absolute atomic E-state index is 11.9. The van der Waals surface area contributed by atoms with E-state index in [1.165, 1.54) is 0 Å². The monoisotopic (exact) mass is 217 g/mol. The van der Waals surface area contributed by atoms with Gasteiger partial charge in [0.05, 0.1) is 7.11 Å². The van der Waals surface area contributed by atoms with Crippen LogP contribution < -0.4 is 4.74 Å². The van der Waals surface area contributed by atoms with Crippen LogP contribution in [0.25, 0.3) is 10.9 Å². The van der Waals surface area contributed by atoms with Crippen molar-refractivity contribution >= 4 is 16.7 Å². The number of carbonyl (C=O) groups excluding carboxylic acids is 1. The summed E-state index contributed by atoms with van der Waals surface area (Å²) in [7, 11) is 1.63. The molecule has 1 aromatic heterocycles. The Morgan fingerprint density at radius 2 is 2.12 bits per heavy atom. The van der Waals surface area contributed by atoms with Gasteiger partial charge in [0.2, 0.25) is 0 Å². The minimum Gasteiger partial charge on any atom is -0.497 e. The van der Waals surface area contributed by atoms with Crippen molar-refractivity contribution in [1.82, 2.24) is 4.98 Å². The first-order valence-corrected chi connectivity index (χ1v) is 5.33. The molecule has 0 saturated heterocycles. The van der Waals surface area contributed by atoms with Crippen LogP contribution in [0.5, 0.6) is 5.75 Å². The number of ketones is 1. The smallest absolute Gasteiger partial charge is 0.167 e. The van der Waals surface area contributed by atoms with Crippen LogP contribution in [0.15, 0.2) is 24.4 Å². The third-order valence-corrected chi connectivity index (χ3v) is 2.68. The molecule has 1 heterocycles. The van der Waals surface area contributed by atoms with Gasteiger partial charge in [0.1, 0.15) is 5.75 Å². The molecule has 2 aromatic rings. The number of benzene rings is 1. The third-order valence-electron chi connectivity index (χ3n) is 2.68. The molecule has 84 valence electrons. The summed E-state index contributed by atoms with van der Waals surface area (Å²) in [6.07, 6.45) is 1.77. The number of Topliss-reactive ketones (excluding diaryl/α,β-unsaturated/α-hetero) is 1. The fraction of sp³-hybridized carbons (Fsp3) is 0.308. The second kappa shape index (κ2) is 4.00. The Hall–Kier alpha value is -1.77. The molecule has 0 spiro atoms. The quantitative estimate of drug-likeness (QED) is 0.803. The number of fused-ring (bicyclic) bond motifs is 1. The Morgan fingerprint density at radius 1 is 1.38 bits per heavy atom. The molecule has 0 aliphatic rings. The van der Waals surface area contributed by atoms with E-state index in [9.17, 15) is 4.79 Å². The zero-order chi connectivity index (χ0) is 11.7. The van der Waals surface area contributed by atoms with E-state index in [0.29, 0.717) is 0 Å². The van der Waals surface area contributed by atoms with Crippen LogP contribution in [-0.2, 0) is 0 Å². The largest absolute Gasteiger partial charge is 0.497 e. The normalized spacial score (nSPS) is 11.0. The van der Waals surface area contributed by atoms with E-state index in [4.69, 9.17) is 4.74 Å². The van der Waals surface area contributed by atoms with Crippen molar-refractivity contribution in [3.63, 3.8) is 0 Å². The summed E-state index contributed by atoms with van der Waals surface area (Å²) in [4.78, 5) is 15.0. The molecule has 16 heavy (non-hydrogen) atoms. The molecule has 0 unspecified atom stereocenters. The average Bonchev–Trinajstić information content (AvgIpc) is 2.70. The topological polar surface area (TPSA) is 42.1 Å². The zero-order valence-electron chi connectivity index (χ0n) is 9.70. The molecule has 0 aliphatic carbocycles. The number of carbonyl (C=O) groups is 1. The number of nitrogens with one attached hydrogen (secondary N) is 1. The van der Waals surface area contributed by atoms with E-state index in [1.807, 2.05) is 32.0 Å². The molecular formula is C13H15NO2. The molecule has 3 nitrogen and oxygen atoms in total. The molecule has 0 radical (unpaired) electrons. The van der Waals surface area contributed by atoms with Gasteiger partial charge in [0.15, 0.2) is 5.78 Å². The minimum absolute atomic E-state index is 0.0149. The molecule has 0 fully saturated rings. The fourth-order valence-corrected chi connectivity index (χ4v) is 1.75. The first kappa shape index (κ1) is 10.7. The van der Waals surface area contributed by atoms with E-state index in [2.05, 4.69) is 4.98 Å². The highest BCUT2D eigenvalue weighted by Gasteiger charge is 2.15. The zero-order valence-corrected chi connectivity index (χ0v) is 9.70. The third kappa shape index (κ3) is 1.69. The Kier molecular flexibility index (Phi) is 2.69. The van der Waals surface area contributed by atoms with E-state index >= 15 is 0 Å². The van der Waals surface area contributed by atoms with Gasteiger partial charge in [-0.2, -0.15) is 0 Å². The lowest BCUT2D eigenvalue weighted by Gasteiger charge is -2.03. The first-order chi connectivity index (χ1) is 7.63. The Morgan fingerprint density at radius 3 is 2.75 bits per heavy atom. The molecular weight excluding hydrogens is 202 g/mol. The van der Waals surface area contributed by atoms with Crippen molar-refractivity contribution in [3.8, 4) is 5.75 Å². The summed E-state index contributed by atoms with van der Waals surface area (Å²) in [6.45, 7) is 3.81. The average molecular weight is 217 g/mol. The van der Waals surface area contributed by atoms with Crippen molar-refractivity contribution in [1.29, 1.82) is 0 Å². The lowest BCUT2D eigenvalue weighted by molar-refractivity contribution is 0.0941. The van der Waals surface area contributed by atoms with Crippen LogP contribution >= 0.6 is 0 Å². The Labute approximate surface area is 94.4 Å². The van der Waals surface area contributed by atoms with Gasteiger partial charge in [0, 0.05) is 34.6 Å². The summed E-state index contributed by atoms with van der Waals surface area (Å²) in [5.41, 5.74) is 1.69. The standard InChI is InChI=1S/C13H15NO2/c1-8(2)13(15)11-7-14-12-6-9(16-3)4-5-10(11)12/h4-8,14H,1-3H3.